The third-order valence-electron chi connectivity index (χ3n) is 3.54. The van der Waals surface area contributed by atoms with Crippen LogP contribution in [0.15, 0.2) is 29.8 Å². The van der Waals surface area contributed by atoms with Gasteiger partial charge in [-0.25, -0.2) is 4.98 Å². The summed E-state index contributed by atoms with van der Waals surface area (Å²) in [7, 11) is 3.28. The van der Waals surface area contributed by atoms with E-state index in [9.17, 15) is 14.4 Å². The van der Waals surface area contributed by atoms with Gasteiger partial charge in [-0.1, -0.05) is 0 Å². The van der Waals surface area contributed by atoms with E-state index >= 15 is 0 Å². The number of aromatic nitrogens is 1. The van der Waals surface area contributed by atoms with Gasteiger partial charge in [0.15, 0.2) is 11.7 Å². The first-order valence-corrected chi connectivity index (χ1v) is 8.32. The first-order chi connectivity index (χ1) is 12.0. The lowest BCUT2D eigenvalue weighted by Gasteiger charge is -2.29. The Balaban J connectivity index is 1.85. The van der Waals surface area contributed by atoms with Crippen LogP contribution in [0, 0.1) is 0 Å². The number of nitrogens with one attached hydrogen (secondary N) is 1. The van der Waals surface area contributed by atoms with Crippen molar-refractivity contribution in [2.45, 2.75) is 0 Å². The Morgan fingerprint density at radius 2 is 2.20 bits per heavy atom. The summed E-state index contributed by atoms with van der Waals surface area (Å²) in [6.07, 6.45) is 1.58. The van der Waals surface area contributed by atoms with Crippen LogP contribution in [0.25, 0.3) is 0 Å². The minimum absolute atomic E-state index is 0.154. The first-order valence-electron chi connectivity index (χ1n) is 7.44. The van der Waals surface area contributed by atoms with Crippen molar-refractivity contribution in [1.82, 2.24) is 9.88 Å². The van der Waals surface area contributed by atoms with E-state index in [4.69, 9.17) is 4.74 Å². The molecule has 1 aromatic carbocycles. The lowest BCUT2D eigenvalue weighted by molar-refractivity contribution is -0.123. The zero-order valence-corrected chi connectivity index (χ0v) is 14.5. The Bertz CT molecular complexity index is 820. The predicted molar refractivity (Wildman–Crippen MR) is 93.1 cm³/mol. The number of ether oxygens (including phenoxy) is 1. The molecule has 0 saturated carbocycles. The topological polar surface area (TPSA) is 91.8 Å². The van der Waals surface area contributed by atoms with Crippen molar-refractivity contribution in [1.29, 1.82) is 0 Å². The summed E-state index contributed by atoms with van der Waals surface area (Å²) in [5, 5.41) is 4.84. The molecule has 1 aliphatic heterocycles. The fourth-order valence-electron chi connectivity index (χ4n) is 2.35. The van der Waals surface area contributed by atoms with Gasteiger partial charge in [-0.15, -0.1) is 11.3 Å². The number of anilines is 2. The van der Waals surface area contributed by atoms with Crippen LogP contribution in [0.3, 0.4) is 0 Å². The second kappa shape index (κ2) is 6.89. The highest BCUT2D eigenvalue weighted by Crippen LogP contribution is 2.33. The molecule has 9 heteroatoms. The zero-order chi connectivity index (χ0) is 18.0. The number of rotatable bonds is 4. The maximum absolute atomic E-state index is 12.2. The molecule has 2 aromatic rings. The molecule has 0 unspecified atom stereocenters. The summed E-state index contributed by atoms with van der Waals surface area (Å²) in [4.78, 5) is 43.3. The summed E-state index contributed by atoms with van der Waals surface area (Å²) < 4.78 is 5.39. The summed E-state index contributed by atoms with van der Waals surface area (Å²) in [6.45, 7) is -0.340. The van der Waals surface area contributed by atoms with Crippen LogP contribution < -0.4 is 15.0 Å². The monoisotopic (exact) mass is 360 g/mol. The van der Waals surface area contributed by atoms with Gasteiger partial charge in [-0.05, 0) is 18.2 Å². The fourth-order valence-corrected chi connectivity index (χ4v) is 2.90. The molecule has 3 rings (SSSR count). The molecule has 1 N–H and O–H groups in total. The van der Waals surface area contributed by atoms with Crippen LogP contribution in [0.1, 0.15) is 10.4 Å². The molecule has 1 aliphatic rings. The van der Waals surface area contributed by atoms with Crippen molar-refractivity contribution in [3.8, 4) is 5.75 Å². The summed E-state index contributed by atoms with van der Waals surface area (Å²) >= 11 is 1.29. The van der Waals surface area contributed by atoms with Gasteiger partial charge < -0.3 is 15.0 Å². The molecule has 25 heavy (non-hydrogen) atoms. The molecule has 0 aliphatic carbocycles. The normalized spacial score (nSPS) is 13.0. The first kappa shape index (κ1) is 16.9. The molecule has 0 bridgehead atoms. The predicted octanol–water partition coefficient (Wildman–Crippen LogP) is 1.21. The molecule has 0 radical (unpaired) electrons. The maximum Gasteiger partial charge on any atom is 0.265 e. The van der Waals surface area contributed by atoms with E-state index in [1.165, 1.54) is 21.1 Å². The van der Waals surface area contributed by atoms with Crippen LogP contribution in [-0.2, 0) is 9.59 Å². The van der Waals surface area contributed by atoms with Crippen LogP contribution in [-0.4, -0.2) is 54.9 Å². The number of thiazole rings is 1. The van der Waals surface area contributed by atoms with Crippen molar-refractivity contribution in [3.63, 3.8) is 0 Å². The van der Waals surface area contributed by atoms with E-state index in [2.05, 4.69) is 10.3 Å². The molecule has 0 atom stereocenters. The van der Waals surface area contributed by atoms with E-state index in [0.717, 1.165) is 0 Å². The molecule has 130 valence electrons. The van der Waals surface area contributed by atoms with Gasteiger partial charge in [0.1, 0.15) is 12.3 Å². The number of hydrogen-bond donors (Lipinski definition) is 1. The molecule has 0 saturated heterocycles. The van der Waals surface area contributed by atoms with Gasteiger partial charge in [0.2, 0.25) is 5.91 Å². The molecule has 8 nitrogen and oxygen atoms in total. The van der Waals surface area contributed by atoms with Gasteiger partial charge >= 0.3 is 0 Å². The second-order valence-electron chi connectivity index (χ2n) is 5.54. The molecule has 3 amide bonds. The number of nitrogens with zero attached hydrogens (tertiary/aromatic N) is 3. The average molecular weight is 360 g/mol. The van der Waals surface area contributed by atoms with Gasteiger partial charge in [0, 0.05) is 31.2 Å². The standard InChI is InChI=1S/C16H16N4O4S/c1-19(2)15(23)10-3-4-12-11(7-10)20(14(22)9-24-12)8-13(21)18-16-17-5-6-25-16/h3-7H,8-9H2,1-2H3,(H,17,18,21). The van der Waals surface area contributed by atoms with E-state index in [-0.39, 0.29) is 30.9 Å². The van der Waals surface area contributed by atoms with E-state index < -0.39 is 0 Å². The second-order valence-corrected chi connectivity index (χ2v) is 6.43. The summed E-state index contributed by atoms with van der Waals surface area (Å²) in [5.41, 5.74) is 0.811. The number of carbonyl (C=O) groups excluding carboxylic acids is 3. The number of amides is 3. The number of fused-ring (bicyclic) bond motifs is 1. The van der Waals surface area contributed by atoms with E-state index in [1.54, 1.807) is 43.9 Å². The Kier molecular flexibility index (Phi) is 4.66. The number of benzene rings is 1. The third-order valence-corrected chi connectivity index (χ3v) is 4.22. The minimum Gasteiger partial charge on any atom is -0.482 e. The molecule has 1 aromatic heterocycles. The van der Waals surface area contributed by atoms with Crippen molar-refractivity contribution < 1.29 is 19.1 Å². The van der Waals surface area contributed by atoms with Gasteiger partial charge in [-0.3, -0.25) is 19.3 Å². The molecule has 2 heterocycles. The maximum atomic E-state index is 12.2. The Morgan fingerprint density at radius 3 is 2.88 bits per heavy atom. The number of hydrogen-bond acceptors (Lipinski definition) is 6. The Hall–Kier alpha value is -2.94. The SMILES string of the molecule is CN(C)C(=O)c1ccc2c(c1)N(CC(=O)Nc1nccs1)C(=O)CO2. The summed E-state index contributed by atoms with van der Waals surface area (Å²) in [6, 6.07) is 4.82. The third kappa shape index (κ3) is 3.61. The fraction of sp³-hybridized carbons (Fsp3) is 0.250. The lowest BCUT2D eigenvalue weighted by atomic mass is 10.1. The van der Waals surface area contributed by atoms with E-state index in [0.29, 0.717) is 22.1 Å². The highest BCUT2D eigenvalue weighted by atomic mass is 32.1. The zero-order valence-electron chi connectivity index (χ0n) is 13.7. The number of carbonyl (C=O) groups is 3. The van der Waals surface area contributed by atoms with Crippen molar-refractivity contribution in [2.75, 3.05) is 37.5 Å². The molecular weight excluding hydrogens is 344 g/mol. The average Bonchev–Trinajstić information content (AvgIpc) is 3.09. The largest absolute Gasteiger partial charge is 0.482 e. The van der Waals surface area contributed by atoms with Crippen LogP contribution in [0.4, 0.5) is 10.8 Å². The minimum atomic E-state index is -0.375. The van der Waals surface area contributed by atoms with Crippen molar-refractivity contribution in [3.05, 3.63) is 35.3 Å². The Morgan fingerprint density at radius 1 is 1.40 bits per heavy atom. The lowest BCUT2D eigenvalue weighted by Crippen LogP contribution is -2.43. The van der Waals surface area contributed by atoms with Crippen molar-refractivity contribution >= 4 is 39.9 Å². The highest BCUT2D eigenvalue weighted by molar-refractivity contribution is 7.13. The van der Waals surface area contributed by atoms with Crippen LogP contribution >= 0.6 is 11.3 Å². The van der Waals surface area contributed by atoms with Gasteiger partial charge in [-0.2, -0.15) is 0 Å². The summed E-state index contributed by atoms with van der Waals surface area (Å²) in [5.74, 6) is -0.471. The van der Waals surface area contributed by atoms with Crippen LogP contribution in [0.2, 0.25) is 0 Å². The Labute approximate surface area is 148 Å². The highest BCUT2D eigenvalue weighted by Gasteiger charge is 2.28. The molecule has 0 spiro atoms. The van der Waals surface area contributed by atoms with Gasteiger partial charge in [0.05, 0.1) is 5.69 Å². The molecule has 0 fully saturated rings. The smallest absolute Gasteiger partial charge is 0.265 e. The van der Waals surface area contributed by atoms with Gasteiger partial charge in [0.25, 0.3) is 11.8 Å². The molecular formula is C16H16N4O4S. The quantitative estimate of drug-likeness (QED) is 0.885. The van der Waals surface area contributed by atoms with Crippen molar-refractivity contribution in [2.24, 2.45) is 0 Å². The van der Waals surface area contributed by atoms with Crippen LogP contribution in [0.5, 0.6) is 5.75 Å². The van der Waals surface area contributed by atoms with E-state index in [1.807, 2.05) is 0 Å².